The van der Waals surface area contributed by atoms with Crippen LogP contribution < -0.4 is 9.47 Å². The molecule has 1 heterocycles. The van der Waals surface area contributed by atoms with Gasteiger partial charge in [-0.05, 0) is 35.4 Å². The van der Waals surface area contributed by atoms with Crippen molar-refractivity contribution in [2.75, 3.05) is 7.11 Å². The summed E-state index contributed by atoms with van der Waals surface area (Å²) in [7, 11) is 1.49. The summed E-state index contributed by atoms with van der Waals surface area (Å²) in [6.07, 6.45) is 2.21. The number of methoxy groups -OCH3 is 1. The molecule has 7 nitrogen and oxygen atoms in total. The average molecular weight is 435 g/mol. The van der Waals surface area contributed by atoms with Gasteiger partial charge in [-0.15, -0.1) is 0 Å². The lowest BCUT2D eigenvalue weighted by Gasteiger charge is -2.16. The molecule has 0 radical (unpaired) electrons. The number of ether oxygens (including phenoxy) is 2. The molecule has 1 N–H and O–H groups in total. The number of aromatic nitrogens is 1. The maximum Gasteiger partial charge on any atom is 0.269 e. The van der Waals surface area contributed by atoms with Gasteiger partial charge in [0, 0.05) is 30.9 Å². The molecule has 0 bridgehead atoms. The number of rotatable bonds is 7. The zero-order chi connectivity index (χ0) is 21.0. The Morgan fingerprint density at radius 1 is 1.10 bits per heavy atom. The van der Waals surface area contributed by atoms with Crippen molar-refractivity contribution < 1.29 is 19.5 Å². The monoisotopic (exact) mass is 434 g/mol. The zero-order valence-electron chi connectivity index (χ0n) is 15.2. The number of pyridine rings is 1. The number of hydrogen-bond donors (Lipinski definition) is 1. The van der Waals surface area contributed by atoms with Crippen molar-refractivity contribution in [1.82, 2.24) is 4.98 Å². The van der Waals surface area contributed by atoms with E-state index < -0.39 is 11.0 Å². The van der Waals surface area contributed by atoms with Gasteiger partial charge in [0.25, 0.3) is 5.69 Å². The summed E-state index contributed by atoms with van der Waals surface area (Å²) in [5.74, 6) is 1.19. The maximum absolute atomic E-state index is 10.8. The standard InChI is InChI=1S/C20H16Cl2N2O5/c1-28-19-7-2-12(18(25)9-15-16(21)10-23-11-17(15)22)8-20(19)29-14-5-3-13(4-6-14)24(26)27/h2-8,10-11,18,25H,9H2,1H3. The van der Waals surface area contributed by atoms with Crippen molar-refractivity contribution in [2.45, 2.75) is 12.5 Å². The van der Waals surface area contributed by atoms with E-state index in [4.69, 9.17) is 32.7 Å². The predicted molar refractivity (Wildman–Crippen MR) is 109 cm³/mol. The highest BCUT2D eigenvalue weighted by Crippen LogP contribution is 2.36. The Morgan fingerprint density at radius 2 is 1.76 bits per heavy atom. The van der Waals surface area contributed by atoms with Gasteiger partial charge in [-0.1, -0.05) is 29.3 Å². The minimum absolute atomic E-state index is 0.0420. The fraction of sp³-hybridized carbons (Fsp3) is 0.150. The number of halogens is 2. The van der Waals surface area contributed by atoms with Crippen LogP contribution >= 0.6 is 23.2 Å². The van der Waals surface area contributed by atoms with E-state index in [0.717, 1.165) is 0 Å². The molecule has 29 heavy (non-hydrogen) atoms. The smallest absolute Gasteiger partial charge is 0.269 e. The lowest BCUT2D eigenvalue weighted by atomic mass is 10.0. The summed E-state index contributed by atoms with van der Waals surface area (Å²) >= 11 is 12.3. The van der Waals surface area contributed by atoms with Gasteiger partial charge >= 0.3 is 0 Å². The molecule has 150 valence electrons. The molecule has 0 saturated carbocycles. The third-order valence-electron chi connectivity index (χ3n) is 4.20. The normalized spacial score (nSPS) is 11.7. The van der Waals surface area contributed by atoms with E-state index in [0.29, 0.717) is 38.4 Å². The van der Waals surface area contributed by atoms with Crippen molar-refractivity contribution in [3.63, 3.8) is 0 Å². The highest BCUT2D eigenvalue weighted by Gasteiger charge is 2.17. The van der Waals surface area contributed by atoms with Crippen molar-refractivity contribution in [1.29, 1.82) is 0 Å². The zero-order valence-corrected chi connectivity index (χ0v) is 16.7. The molecule has 0 spiro atoms. The first-order valence-corrected chi connectivity index (χ1v) is 9.21. The van der Waals surface area contributed by atoms with Crippen LogP contribution in [-0.2, 0) is 6.42 Å². The molecule has 3 rings (SSSR count). The second-order valence-corrected chi connectivity index (χ2v) is 6.88. The SMILES string of the molecule is COc1ccc(C(O)Cc2c(Cl)cncc2Cl)cc1Oc1ccc([N+](=O)[O-])cc1. The summed E-state index contributed by atoms with van der Waals surface area (Å²) in [5, 5.41) is 22.2. The molecule has 0 fully saturated rings. The Bertz CT molecular complexity index is 1010. The Hall–Kier alpha value is -2.87. The van der Waals surface area contributed by atoms with E-state index >= 15 is 0 Å². The van der Waals surface area contributed by atoms with E-state index in [-0.39, 0.29) is 12.1 Å². The van der Waals surface area contributed by atoms with Gasteiger partial charge in [-0.3, -0.25) is 15.1 Å². The fourth-order valence-electron chi connectivity index (χ4n) is 2.69. The molecule has 0 amide bonds. The molecule has 0 aliphatic carbocycles. The molecule has 1 aromatic heterocycles. The van der Waals surface area contributed by atoms with Gasteiger partial charge in [0.15, 0.2) is 11.5 Å². The number of benzene rings is 2. The first-order chi connectivity index (χ1) is 13.9. The summed E-state index contributed by atoms with van der Waals surface area (Å²) < 4.78 is 11.1. The molecule has 3 aromatic rings. The predicted octanol–water partition coefficient (Wildman–Crippen LogP) is 5.37. The van der Waals surface area contributed by atoms with Crippen LogP contribution in [0.5, 0.6) is 17.2 Å². The van der Waals surface area contributed by atoms with E-state index in [1.807, 2.05) is 0 Å². The van der Waals surface area contributed by atoms with Crippen molar-refractivity contribution in [3.05, 3.63) is 86.1 Å². The maximum atomic E-state index is 10.8. The van der Waals surface area contributed by atoms with E-state index in [1.54, 1.807) is 18.2 Å². The topological polar surface area (TPSA) is 94.7 Å². The molecule has 1 unspecified atom stereocenters. The van der Waals surface area contributed by atoms with Crippen LogP contribution in [0.4, 0.5) is 5.69 Å². The van der Waals surface area contributed by atoms with Crippen LogP contribution in [0.15, 0.2) is 54.9 Å². The highest BCUT2D eigenvalue weighted by atomic mass is 35.5. The summed E-state index contributed by atoms with van der Waals surface area (Å²) in [5.41, 5.74) is 1.11. The molecule has 9 heteroatoms. The van der Waals surface area contributed by atoms with Crippen LogP contribution in [0, 0.1) is 10.1 Å². The van der Waals surface area contributed by atoms with Crippen LogP contribution in [0.2, 0.25) is 10.0 Å². The Kier molecular flexibility index (Phi) is 6.53. The second-order valence-electron chi connectivity index (χ2n) is 6.06. The summed E-state index contributed by atoms with van der Waals surface area (Å²) in [6, 6.07) is 10.6. The van der Waals surface area contributed by atoms with Crippen molar-refractivity contribution in [2.24, 2.45) is 0 Å². The minimum atomic E-state index is -0.905. The van der Waals surface area contributed by atoms with E-state index in [2.05, 4.69) is 4.98 Å². The van der Waals surface area contributed by atoms with Gasteiger partial charge < -0.3 is 14.6 Å². The van der Waals surface area contributed by atoms with Gasteiger partial charge in [0.05, 0.1) is 28.2 Å². The quantitative estimate of drug-likeness (QED) is 0.396. The molecular weight excluding hydrogens is 419 g/mol. The summed E-state index contributed by atoms with van der Waals surface area (Å²) in [6.45, 7) is 0. The van der Waals surface area contributed by atoms with Crippen molar-refractivity contribution in [3.8, 4) is 17.2 Å². The fourth-order valence-corrected chi connectivity index (χ4v) is 3.21. The molecule has 2 aromatic carbocycles. The Labute approximate surface area is 176 Å². The first kappa shape index (κ1) is 20.9. The van der Waals surface area contributed by atoms with Gasteiger partial charge in [0.2, 0.25) is 0 Å². The minimum Gasteiger partial charge on any atom is -0.493 e. The number of nitro benzene ring substituents is 1. The lowest BCUT2D eigenvalue weighted by molar-refractivity contribution is -0.384. The number of aliphatic hydroxyl groups is 1. The largest absolute Gasteiger partial charge is 0.493 e. The first-order valence-electron chi connectivity index (χ1n) is 8.45. The second kappa shape index (κ2) is 9.09. The third-order valence-corrected chi connectivity index (χ3v) is 4.85. The molecule has 1 atom stereocenters. The highest BCUT2D eigenvalue weighted by molar-refractivity contribution is 6.35. The average Bonchev–Trinajstić information content (AvgIpc) is 2.71. The molecular formula is C20H16Cl2N2O5. The van der Waals surface area contributed by atoms with E-state index in [1.165, 1.54) is 43.8 Å². The number of non-ortho nitro benzene ring substituents is 1. The Morgan fingerprint density at radius 3 is 2.34 bits per heavy atom. The molecule has 0 aliphatic rings. The van der Waals surface area contributed by atoms with Gasteiger partial charge in [-0.2, -0.15) is 0 Å². The Balaban J connectivity index is 1.85. The number of aliphatic hydroxyl groups excluding tert-OH is 1. The van der Waals surface area contributed by atoms with Crippen LogP contribution in [0.1, 0.15) is 17.2 Å². The lowest BCUT2D eigenvalue weighted by Crippen LogP contribution is -2.04. The van der Waals surface area contributed by atoms with Crippen LogP contribution in [0.25, 0.3) is 0 Å². The number of nitro groups is 1. The van der Waals surface area contributed by atoms with Gasteiger partial charge in [0.1, 0.15) is 5.75 Å². The molecule has 0 aliphatic heterocycles. The van der Waals surface area contributed by atoms with Crippen LogP contribution in [-0.4, -0.2) is 22.1 Å². The van der Waals surface area contributed by atoms with Crippen LogP contribution in [0.3, 0.4) is 0 Å². The number of nitrogens with zero attached hydrogens (tertiary/aromatic N) is 2. The third kappa shape index (κ3) is 4.95. The summed E-state index contributed by atoms with van der Waals surface area (Å²) in [4.78, 5) is 14.2. The molecule has 0 saturated heterocycles. The van der Waals surface area contributed by atoms with Gasteiger partial charge in [-0.25, -0.2) is 0 Å². The van der Waals surface area contributed by atoms with E-state index in [9.17, 15) is 15.2 Å². The number of hydrogen-bond acceptors (Lipinski definition) is 6. The van der Waals surface area contributed by atoms with Crippen molar-refractivity contribution >= 4 is 28.9 Å².